The number of hydrogen-bond acceptors (Lipinski definition) is 2. The molecule has 0 aliphatic rings. The molecule has 0 unspecified atom stereocenters. The average Bonchev–Trinajstić information content (AvgIpc) is 2.40. The molecule has 0 spiro atoms. The zero-order valence-electron chi connectivity index (χ0n) is 10.4. The van der Waals surface area contributed by atoms with Crippen molar-refractivity contribution in [3.63, 3.8) is 0 Å². The number of benzene rings is 2. The fourth-order valence-corrected chi connectivity index (χ4v) is 1.97. The minimum Gasteiger partial charge on any atom is -0.370 e. The van der Waals surface area contributed by atoms with Gasteiger partial charge < -0.3 is 10.6 Å². The first-order valence-electron chi connectivity index (χ1n) is 5.94. The van der Waals surface area contributed by atoms with Crippen LogP contribution in [-0.4, -0.2) is 7.05 Å². The second-order valence-electron chi connectivity index (χ2n) is 4.31. The van der Waals surface area contributed by atoms with Crippen LogP contribution in [0.5, 0.6) is 0 Å². The number of nitrogens with zero attached hydrogens (tertiary/aromatic N) is 1. The Morgan fingerprint density at radius 1 is 1.06 bits per heavy atom. The van der Waals surface area contributed by atoms with Gasteiger partial charge in [-0.2, -0.15) is 0 Å². The van der Waals surface area contributed by atoms with Gasteiger partial charge in [0.25, 0.3) is 0 Å². The molecular formula is C15H17FN2. The molecule has 0 fully saturated rings. The van der Waals surface area contributed by atoms with Crippen molar-refractivity contribution in [3.05, 3.63) is 65.5 Å². The van der Waals surface area contributed by atoms with E-state index in [2.05, 4.69) is 4.90 Å². The molecule has 0 bridgehead atoms. The van der Waals surface area contributed by atoms with Crippen LogP contribution in [0.25, 0.3) is 0 Å². The third-order valence-corrected chi connectivity index (χ3v) is 2.99. The molecule has 0 aliphatic heterocycles. The molecule has 0 saturated carbocycles. The van der Waals surface area contributed by atoms with Gasteiger partial charge in [0.2, 0.25) is 0 Å². The van der Waals surface area contributed by atoms with Crippen LogP contribution in [0.1, 0.15) is 11.1 Å². The van der Waals surface area contributed by atoms with Crippen molar-refractivity contribution in [1.82, 2.24) is 0 Å². The van der Waals surface area contributed by atoms with Gasteiger partial charge in [-0.3, -0.25) is 0 Å². The lowest BCUT2D eigenvalue weighted by Gasteiger charge is -2.21. The second kappa shape index (κ2) is 5.65. The molecule has 0 radical (unpaired) electrons. The maximum Gasteiger partial charge on any atom is 0.123 e. The first-order valence-corrected chi connectivity index (χ1v) is 5.94. The van der Waals surface area contributed by atoms with Gasteiger partial charge in [0.15, 0.2) is 0 Å². The average molecular weight is 244 g/mol. The zero-order valence-corrected chi connectivity index (χ0v) is 10.4. The molecule has 2 aromatic carbocycles. The maximum absolute atomic E-state index is 13.3. The monoisotopic (exact) mass is 244 g/mol. The fourth-order valence-electron chi connectivity index (χ4n) is 1.97. The Labute approximate surface area is 107 Å². The van der Waals surface area contributed by atoms with Crippen LogP contribution < -0.4 is 10.6 Å². The van der Waals surface area contributed by atoms with E-state index in [4.69, 9.17) is 5.73 Å². The topological polar surface area (TPSA) is 29.3 Å². The summed E-state index contributed by atoms with van der Waals surface area (Å²) in [6, 6.07) is 14.8. The molecule has 2 aromatic rings. The predicted molar refractivity (Wildman–Crippen MR) is 72.8 cm³/mol. The molecule has 2 N–H and O–H groups in total. The highest BCUT2D eigenvalue weighted by Gasteiger charge is 2.06. The summed E-state index contributed by atoms with van der Waals surface area (Å²) in [4.78, 5) is 2.08. The van der Waals surface area contributed by atoms with Crippen LogP contribution in [-0.2, 0) is 13.1 Å². The van der Waals surface area contributed by atoms with Crippen LogP contribution in [0.3, 0.4) is 0 Å². The van der Waals surface area contributed by atoms with E-state index < -0.39 is 0 Å². The molecule has 0 heterocycles. The van der Waals surface area contributed by atoms with Crippen molar-refractivity contribution in [1.29, 1.82) is 0 Å². The first kappa shape index (κ1) is 12.6. The predicted octanol–water partition coefficient (Wildman–Crippen LogP) is 2.92. The summed E-state index contributed by atoms with van der Waals surface area (Å²) in [6.45, 7) is 1.08. The quantitative estimate of drug-likeness (QED) is 0.896. The van der Waals surface area contributed by atoms with Gasteiger partial charge in [0.1, 0.15) is 5.82 Å². The zero-order chi connectivity index (χ0) is 13.0. The standard InChI is InChI=1S/C15H17FN2/c1-18(15-5-3-2-4-6-15)11-13-9-14(16)8-7-12(13)10-17/h2-9H,10-11,17H2,1H3. The van der Waals surface area contributed by atoms with E-state index in [1.54, 1.807) is 12.1 Å². The molecule has 18 heavy (non-hydrogen) atoms. The first-order chi connectivity index (χ1) is 8.70. The Morgan fingerprint density at radius 2 is 1.78 bits per heavy atom. The maximum atomic E-state index is 13.3. The summed E-state index contributed by atoms with van der Waals surface area (Å²) in [7, 11) is 1.99. The Morgan fingerprint density at radius 3 is 2.44 bits per heavy atom. The van der Waals surface area contributed by atoms with Gasteiger partial charge in [0, 0.05) is 25.8 Å². The number of nitrogens with two attached hydrogens (primary N) is 1. The van der Waals surface area contributed by atoms with Crippen LogP contribution >= 0.6 is 0 Å². The lowest BCUT2D eigenvalue weighted by atomic mass is 10.1. The summed E-state index contributed by atoms with van der Waals surface area (Å²) in [6.07, 6.45) is 0. The number of hydrogen-bond donors (Lipinski definition) is 1. The largest absolute Gasteiger partial charge is 0.370 e. The highest BCUT2D eigenvalue weighted by Crippen LogP contribution is 2.18. The van der Waals surface area contributed by atoms with E-state index in [0.29, 0.717) is 13.1 Å². The molecule has 2 nitrogen and oxygen atoms in total. The van der Waals surface area contributed by atoms with Crippen molar-refractivity contribution in [2.45, 2.75) is 13.1 Å². The summed E-state index contributed by atoms with van der Waals surface area (Å²) in [5.41, 5.74) is 8.70. The summed E-state index contributed by atoms with van der Waals surface area (Å²) < 4.78 is 13.3. The Balaban J connectivity index is 2.21. The van der Waals surface area contributed by atoms with Gasteiger partial charge in [-0.25, -0.2) is 4.39 Å². The second-order valence-corrected chi connectivity index (χ2v) is 4.31. The van der Waals surface area contributed by atoms with E-state index in [0.717, 1.165) is 16.8 Å². The van der Waals surface area contributed by atoms with Crippen molar-refractivity contribution in [2.75, 3.05) is 11.9 Å². The Kier molecular flexibility index (Phi) is 3.95. The van der Waals surface area contributed by atoms with Crippen LogP contribution in [0.2, 0.25) is 0 Å². The minimum atomic E-state index is -0.219. The molecular weight excluding hydrogens is 227 g/mol. The van der Waals surface area contributed by atoms with E-state index in [1.165, 1.54) is 6.07 Å². The van der Waals surface area contributed by atoms with Gasteiger partial charge in [-0.05, 0) is 35.4 Å². The van der Waals surface area contributed by atoms with E-state index in [1.807, 2.05) is 37.4 Å². The van der Waals surface area contributed by atoms with Crippen molar-refractivity contribution >= 4 is 5.69 Å². The van der Waals surface area contributed by atoms with Crippen LogP contribution in [0, 0.1) is 5.82 Å². The smallest absolute Gasteiger partial charge is 0.123 e. The normalized spacial score (nSPS) is 10.4. The van der Waals surface area contributed by atoms with Crippen molar-refractivity contribution in [2.24, 2.45) is 5.73 Å². The van der Waals surface area contributed by atoms with Crippen LogP contribution in [0.4, 0.5) is 10.1 Å². The SMILES string of the molecule is CN(Cc1cc(F)ccc1CN)c1ccccc1. The molecule has 0 aromatic heterocycles. The third kappa shape index (κ3) is 2.87. The molecule has 94 valence electrons. The Bertz CT molecular complexity index is 511. The van der Waals surface area contributed by atoms with Crippen LogP contribution in [0.15, 0.2) is 48.5 Å². The highest BCUT2D eigenvalue weighted by atomic mass is 19.1. The van der Waals surface area contributed by atoms with Gasteiger partial charge in [0.05, 0.1) is 0 Å². The minimum absolute atomic E-state index is 0.219. The summed E-state index contributed by atoms with van der Waals surface area (Å²) in [5, 5.41) is 0. The Hall–Kier alpha value is -1.87. The van der Waals surface area contributed by atoms with Gasteiger partial charge in [-0.15, -0.1) is 0 Å². The van der Waals surface area contributed by atoms with Gasteiger partial charge >= 0.3 is 0 Å². The third-order valence-electron chi connectivity index (χ3n) is 2.99. The number of anilines is 1. The lowest BCUT2D eigenvalue weighted by molar-refractivity contribution is 0.623. The van der Waals surface area contributed by atoms with E-state index >= 15 is 0 Å². The molecule has 2 rings (SSSR count). The number of halogens is 1. The summed E-state index contributed by atoms with van der Waals surface area (Å²) >= 11 is 0. The number of rotatable bonds is 4. The van der Waals surface area contributed by atoms with E-state index in [-0.39, 0.29) is 5.82 Å². The van der Waals surface area contributed by atoms with E-state index in [9.17, 15) is 4.39 Å². The van der Waals surface area contributed by atoms with Crippen molar-refractivity contribution < 1.29 is 4.39 Å². The molecule has 3 heteroatoms. The molecule has 0 amide bonds. The van der Waals surface area contributed by atoms with Gasteiger partial charge in [-0.1, -0.05) is 24.3 Å². The summed E-state index contributed by atoms with van der Waals surface area (Å²) in [5.74, 6) is -0.219. The molecule has 0 saturated heterocycles. The number of para-hydroxylation sites is 1. The lowest BCUT2D eigenvalue weighted by Crippen LogP contribution is -2.18. The fraction of sp³-hybridized carbons (Fsp3) is 0.200. The van der Waals surface area contributed by atoms with Crippen molar-refractivity contribution in [3.8, 4) is 0 Å². The highest BCUT2D eigenvalue weighted by molar-refractivity contribution is 5.46. The molecule has 0 aliphatic carbocycles. The molecule has 0 atom stereocenters.